The van der Waals surface area contributed by atoms with Gasteiger partial charge >= 0.3 is 5.97 Å². The summed E-state index contributed by atoms with van der Waals surface area (Å²) in [5, 5.41) is 11.0. The molecule has 0 bridgehead atoms. The standard InChI is InChI=1S/C26H23ClN2O3/c1-17-7-12-22-21(15-17)24(19-5-3-2-4-6-19)25(28-22)26(32)29(16-23(30)31)14-13-18-8-10-20(27)11-9-18/h2-12,15,28H,13-14,16H2,1H3,(H,30,31). The van der Waals surface area contributed by atoms with Gasteiger partial charge in [0.25, 0.3) is 5.91 Å². The summed E-state index contributed by atoms with van der Waals surface area (Å²) in [6, 6.07) is 23.0. The van der Waals surface area contributed by atoms with Gasteiger partial charge in [-0.3, -0.25) is 9.59 Å². The summed E-state index contributed by atoms with van der Waals surface area (Å²) >= 11 is 5.95. The molecule has 4 rings (SSSR count). The number of nitrogens with one attached hydrogen (secondary N) is 1. The third-order valence-corrected chi connectivity index (χ3v) is 5.68. The van der Waals surface area contributed by atoms with Gasteiger partial charge in [-0.1, -0.05) is 65.7 Å². The number of halogens is 1. The van der Waals surface area contributed by atoms with Gasteiger partial charge in [-0.05, 0) is 48.7 Å². The first kappa shape index (κ1) is 21.7. The van der Waals surface area contributed by atoms with Gasteiger partial charge in [-0.2, -0.15) is 0 Å². The molecule has 5 nitrogen and oxygen atoms in total. The number of amides is 1. The Labute approximate surface area is 191 Å². The fraction of sp³-hybridized carbons (Fsp3) is 0.154. The van der Waals surface area contributed by atoms with E-state index in [1.807, 2.05) is 67.6 Å². The molecule has 0 aliphatic carbocycles. The first-order valence-corrected chi connectivity index (χ1v) is 10.7. The summed E-state index contributed by atoms with van der Waals surface area (Å²) in [7, 11) is 0. The predicted molar refractivity (Wildman–Crippen MR) is 127 cm³/mol. The third-order valence-electron chi connectivity index (χ3n) is 5.43. The van der Waals surface area contributed by atoms with Crippen molar-refractivity contribution in [2.24, 2.45) is 0 Å². The highest BCUT2D eigenvalue weighted by Crippen LogP contribution is 2.33. The zero-order valence-corrected chi connectivity index (χ0v) is 18.4. The summed E-state index contributed by atoms with van der Waals surface area (Å²) in [6.07, 6.45) is 0.524. The molecule has 1 amide bonds. The lowest BCUT2D eigenvalue weighted by Crippen LogP contribution is -2.37. The lowest BCUT2D eigenvalue weighted by molar-refractivity contribution is -0.137. The van der Waals surface area contributed by atoms with Crippen molar-refractivity contribution in [3.8, 4) is 11.1 Å². The highest BCUT2D eigenvalue weighted by atomic mass is 35.5. The van der Waals surface area contributed by atoms with Crippen molar-refractivity contribution in [1.82, 2.24) is 9.88 Å². The van der Waals surface area contributed by atoms with E-state index in [2.05, 4.69) is 4.98 Å². The normalized spacial score (nSPS) is 10.9. The number of rotatable bonds is 7. The zero-order valence-electron chi connectivity index (χ0n) is 17.6. The van der Waals surface area contributed by atoms with Crippen molar-refractivity contribution >= 4 is 34.4 Å². The van der Waals surface area contributed by atoms with Crippen LogP contribution in [-0.2, 0) is 11.2 Å². The quantitative estimate of drug-likeness (QED) is 0.390. The van der Waals surface area contributed by atoms with Crippen LogP contribution in [0.25, 0.3) is 22.0 Å². The number of carbonyl (C=O) groups is 2. The van der Waals surface area contributed by atoms with E-state index in [1.165, 1.54) is 4.90 Å². The molecule has 0 aliphatic rings. The number of aryl methyl sites for hydroxylation is 1. The van der Waals surface area contributed by atoms with Gasteiger partial charge in [0.2, 0.25) is 0 Å². The van der Waals surface area contributed by atoms with E-state index in [0.29, 0.717) is 17.1 Å². The Morgan fingerprint density at radius 2 is 1.72 bits per heavy atom. The minimum Gasteiger partial charge on any atom is -0.480 e. The molecule has 0 saturated carbocycles. The highest BCUT2D eigenvalue weighted by molar-refractivity contribution is 6.30. The maximum absolute atomic E-state index is 13.6. The Hall–Kier alpha value is -3.57. The van der Waals surface area contributed by atoms with E-state index >= 15 is 0 Å². The SMILES string of the molecule is Cc1ccc2[nH]c(C(=O)N(CCc3ccc(Cl)cc3)CC(=O)O)c(-c3ccccc3)c2c1. The second kappa shape index (κ2) is 9.28. The molecule has 0 radical (unpaired) electrons. The van der Waals surface area contributed by atoms with Gasteiger partial charge in [0, 0.05) is 28.0 Å². The van der Waals surface area contributed by atoms with Crippen LogP contribution in [0.2, 0.25) is 5.02 Å². The molecule has 162 valence electrons. The number of carboxylic acid groups (broad SMARTS) is 1. The Morgan fingerprint density at radius 1 is 1.00 bits per heavy atom. The van der Waals surface area contributed by atoms with Crippen LogP contribution in [0.3, 0.4) is 0 Å². The lowest BCUT2D eigenvalue weighted by Gasteiger charge is -2.21. The summed E-state index contributed by atoms with van der Waals surface area (Å²) in [5.74, 6) is -1.39. The number of carbonyl (C=O) groups excluding carboxylic acids is 1. The van der Waals surface area contributed by atoms with Crippen LogP contribution in [0.15, 0.2) is 72.8 Å². The number of H-pyrrole nitrogens is 1. The number of nitrogens with zero attached hydrogens (tertiary/aromatic N) is 1. The molecule has 0 fully saturated rings. The monoisotopic (exact) mass is 446 g/mol. The van der Waals surface area contributed by atoms with Crippen molar-refractivity contribution in [2.45, 2.75) is 13.3 Å². The van der Waals surface area contributed by atoms with E-state index in [-0.39, 0.29) is 19.0 Å². The second-order valence-electron chi connectivity index (χ2n) is 7.79. The number of aromatic nitrogens is 1. The molecule has 1 aromatic heterocycles. The van der Waals surface area contributed by atoms with Gasteiger partial charge in [-0.15, -0.1) is 0 Å². The van der Waals surface area contributed by atoms with Crippen molar-refractivity contribution in [3.63, 3.8) is 0 Å². The molecule has 6 heteroatoms. The molecule has 1 heterocycles. The number of fused-ring (bicyclic) bond motifs is 1. The van der Waals surface area contributed by atoms with Crippen LogP contribution in [-0.4, -0.2) is 40.0 Å². The number of aromatic amines is 1. The second-order valence-corrected chi connectivity index (χ2v) is 8.22. The molecule has 4 aromatic rings. The average molecular weight is 447 g/mol. The van der Waals surface area contributed by atoms with Gasteiger partial charge < -0.3 is 15.0 Å². The Bertz CT molecular complexity index is 1260. The fourth-order valence-electron chi connectivity index (χ4n) is 3.86. The van der Waals surface area contributed by atoms with E-state index in [9.17, 15) is 14.7 Å². The minimum atomic E-state index is -1.05. The minimum absolute atomic E-state index is 0.273. The first-order valence-electron chi connectivity index (χ1n) is 10.4. The number of carboxylic acids is 1. The van der Waals surface area contributed by atoms with Crippen LogP contribution in [0, 0.1) is 6.92 Å². The number of hydrogen-bond acceptors (Lipinski definition) is 2. The van der Waals surface area contributed by atoms with Crippen LogP contribution in [0.5, 0.6) is 0 Å². The average Bonchev–Trinajstić information content (AvgIpc) is 3.16. The molecule has 2 N–H and O–H groups in total. The summed E-state index contributed by atoms with van der Waals surface area (Å²) in [4.78, 5) is 29.8. The molecule has 3 aromatic carbocycles. The molecular formula is C26H23ClN2O3. The van der Waals surface area contributed by atoms with Crippen molar-refractivity contribution in [3.05, 3.63) is 94.6 Å². The van der Waals surface area contributed by atoms with Gasteiger partial charge in [0.15, 0.2) is 0 Å². The van der Waals surface area contributed by atoms with Gasteiger partial charge in [-0.25, -0.2) is 0 Å². The van der Waals surface area contributed by atoms with E-state index in [0.717, 1.165) is 33.2 Å². The van der Waals surface area contributed by atoms with Gasteiger partial charge in [0.05, 0.1) is 0 Å². The first-order chi connectivity index (χ1) is 15.4. The van der Waals surface area contributed by atoms with Crippen LogP contribution in [0.4, 0.5) is 0 Å². The van der Waals surface area contributed by atoms with E-state index < -0.39 is 5.97 Å². The molecule has 0 saturated heterocycles. The van der Waals surface area contributed by atoms with Crippen LogP contribution in [0.1, 0.15) is 21.6 Å². The molecule has 0 unspecified atom stereocenters. The lowest BCUT2D eigenvalue weighted by atomic mass is 10.00. The fourth-order valence-corrected chi connectivity index (χ4v) is 3.99. The van der Waals surface area contributed by atoms with E-state index in [4.69, 9.17) is 11.6 Å². The van der Waals surface area contributed by atoms with E-state index in [1.54, 1.807) is 12.1 Å². The largest absolute Gasteiger partial charge is 0.480 e. The Balaban J connectivity index is 1.73. The predicted octanol–water partition coefficient (Wildman–Crippen LogP) is 5.57. The Morgan fingerprint density at radius 3 is 2.41 bits per heavy atom. The Kier molecular flexibility index (Phi) is 6.28. The number of aliphatic carboxylic acids is 1. The molecule has 0 atom stereocenters. The molecule has 0 aliphatic heterocycles. The topological polar surface area (TPSA) is 73.4 Å². The number of benzene rings is 3. The van der Waals surface area contributed by atoms with Crippen LogP contribution < -0.4 is 0 Å². The maximum atomic E-state index is 13.6. The highest BCUT2D eigenvalue weighted by Gasteiger charge is 2.25. The summed E-state index contributed by atoms with van der Waals surface area (Å²) in [6.45, 7) is 1.90. The van der Waals surface area contributed by atoms with Crippen molar-refractivity contribution in [1.29, 1.82) is 0 Å². The molecular weight excluding hydrogens is 424 g/mol. The van der Waals surface area contributed by atoms with Crippen molar-refractivity contribution < 1.29 is 14.7 Å². The summed E-state index contributed by atoms with van der Waals surface area (Å²) < 4.78 is 0. The van der Waals surface area contributed by atoms with Crippen LogP contribution >= 0.6 is 11.6 Å². The zero-order chi connectivity index (χ0) is 22.7. The summed E-state index contributed by atoms with van der Waals surface area (Å²) in [5.41, 5.74) is 4.99. The van der Waals surface area contributed by atoms with Crippen molar-refractivity contribution in [2.75, 3.05) is 13.1 Å². The third kappa shape index (κ3) is 4.68. The molecule has 32 heavy (non-hydrogen) atoms. The maximum Gasteiger partial charge on any atom is 0.323 e. The number of hydrogen-bond donors (Lipinski definition) is 2. The van der Waals surface area contributed by atoms with Gasteiger partial charge in [0.1, 0.15) is 12.2 Å². The molecule has 0 spiro atoms. The smallest absolute Gasteiger partial charge is 0.323 e.